The molecule has 1 rings (SSSR count). The van der Waals surface area contributed by atoms with Crippen molar-refractivity contribution < 1.29 is 18.8 Å². The molecule has 0 radical (unpaired) electrons. The minimum atomic E-state index is -0.419. The first-order valence-electron chi connectivity index (χ1n) is 5.54. The largest absolute Gasteiger partial charge is 0.465 e. The third-order valence-electron chi connectivity index (χ3n) is 2.06. The quantitative estimate of drug-likeness (QED) is 0.696. The molecule has 6 nitrogen and oxygen atoms in total. The Kier molecular flexibility index (Phi) is 5.19. The number of aromatic nitrogens is 1. The third-order valence-corrected chi connectivity index (χ3v) is 2.06. The lowest BCUT2D eigenvalue weighted by Gasteiger charge is -2.19. The van der Waals surface area contributed by atoms with E-state index in [9.17, 15) is 9.59 Å². The second-order valence-electron chi connectivity index (χ2n) is 3.42. The number of hydrogen-bond acceptors (Lipinski definition) is 5. The maximum absolute atomic E-state index is 11.9. The Morgan fingerprint density at radius 1 is 1.47 bits per heavy atom. The number of hydrogen-bond donors (Lipinski definition) is 0. The minimum Gasteiger partial charge on any atom is -0.465 e. The summed E-state index contributed by atoms with van der Waals surface area (Å²) in [4.78, 5) is 24.7. The zero-order valence-electron chi connectivity index (χ0n) is 10.0. The van der Waals surface area contributed by atoms with Crippen LogP contribution in [0.15, 0.2) is 16.9 Å². The van der Waals surface area contributed by atoms with Gasteiger partial charge in [0.25, 0.3) is 5.91 Å². The van der Waals surface area contributed by atoms with Gasteiger partial charge in [0.05, 0.1) is 6.61 Å². The number of carbonyl (C=O) groups is 2. The molecule has 1 aromatic heterocycles. The summed E-state index contributed by atoms with van der Waals surface area (Å²) in [5.74, 6) is -0.744. The molecule has 1 heterocycles. The van der Waals surface area contributed by atoms with Crippen molar-refractivity contribution in [3.05, 3.63) is 18.0 Å². The Bertz CT molecular complexity index is 362. The molecule has 0 saturated carbocycles. The van der Waals surface area contributed by atoms with Gasteiger partial charge in [-0.15, -0.1) is 0 Å². The first-order valence-corrected chi connectivity index (χ1v) is 5.54. The molecule has 0 N–H and O–H groups in total. The van der Waals surface area contributed by atoms with Crippen LogP contribution in [0.5, 0.6) is 0 Å². The van der Waals surface area contributed by atoms with Crippen LogP contribution in [0.3, 0.4) is 0 Å². The van der Waals surface area contributed by atoms with Crippen LogP contribution >= 0.6 is 0 Å². The van der Waals surface area contributed by atoms with Gasteiger partial charge in [0.15, 0.2) is 5.69 Å². The summed E-state index contributed by atoms with van der Waals surface area (Å²) in [5, 5.41) is 3.55. The fourth-order valence-corrected chi connectivity index (χ4v) is 1.37. The lowest BCUT2D eigenvalue weighted by Crippen LogP contribution is -2.37. The van der Waals surface area contributed by atoms with Crippen LogP contribution in [0.2, 0.25) is 0 Å². The Morgan fingerprint density at radius 2 is 2.24 bits per heavy atom. The van der Waals surface area contributed by atoms with Crippen molar-refractivity contribution in [1.29, 1.82) is 0 Å². The normalized spacial score (nSPS) is 10.0. The highest BCUT2D eigenvalue weighted by Gasteiger charge is 2.20. The van der Waals surface area contributed by atoms with Crippen LogP contribution in [0, 0.1) is 0 Å². The van der Waals surface area contributed by atoms with E-state index in [-0.39, 0.29) is 18.1 Å². The van der Waals surface area contributed by atoms with Gasteiger partial charge in [-0.1, -0.05) is 12.1 Å². The summed E-state index contributed by atoms with van der Waals surface area (Å²) >= 11 is 0. The fraction of sp³-hybridized carbons (Fsp3) is 0.545. The van der Waals surface area contributed by atoms with E-state index in [0.717, 1.165) is 6.42 Å². The Labute approximate surface area is 99.5 Å². The summed E-state index contributed by atoms with van der Waals surface area (Å²) in [7, 11) is 0. The van der Waals surface area contributed by atoms with Crippen LogP contribution in [-0.2, 0) is 9.53 Å². The van der Waals surface area contributed by atoms with Crippen molar-refractivity contribution in [2.75, 3.05) is 19.7 Å². The Hall–Kier alpha value is -1.85. The molecule has 0 aliphatic heterocycles. The van der Waals surface area contributed by atoms with Gasteiger partial charge in [0, 0.05) is 12.6 Å². The predicted octanol–water partition coefficient (Wildman–Crippen LogP) is 1.09. The van der Waals surface area contributed by atoms with Gasteiger partial charge in [0.2, 0.25) is 0 Å². The van der Waals surface area contributed by atoms with Gasteiger partial charge in [-0.3, -0.25) is 9.59 Å². The van der Waals surface area contributed by atoms with E-state index in [0.29, 0.717) is 13.2 Å². The maximum Gasteiger partial charge on any atom is 0.325 e. The zero-order chi connectivity index (χ0) is 12.7. The van der Waals surface area contributed by atoms with E-state index in [2.05, 4.69) is 9.68 Å². The molecule has 0 aromatic carbocycles. The molecule has 17 heavy (non-hydrogen) atoms. The monoisotopic (exact) mass is 240 g/mol. The van der Waals surface area contributed by atoms with Crippen LogP contribution < -0.4 is 0 Å². The summed E-state index contributed by atoms with van der Waals surface area (Å²) < 4.78 is 9.41. The van der Waals surface area contributed by atoms with E-state index in [1.54, 1.807) is 6.92 Å². The van der Waals surface area contributed by atoms with E-state index in [4.69, 9.17) is 4.74 Å². The average Bonchev–Trinajstić information content (AvgIpc) is 2.81. The fourth-order valence-electron chi connectivity index (χ4n) is 1.37. The van der Waals surface area contributed by atoms with Crippen molar-refractivity contribution in [2.45, 2.75) is 20.3 Å². The molecule has 0 spiro atoms. The summed E-state index contributed by atoms with van der Waals surface area (Å²) in [6.45, 7) is 4.37. The molecular weight excluding hydrogens is 224 g/mol. The van der Waals surface area contributed by atoms with Crippen molar-refractivity contribution in [3.8, 4) is 0 Å². The van der Waals surface area contributed by atoms with Crippen molar-refractivity contribution in [2.24, 2.45) is 0 Å². The van der Waals surface area contributed by atoms with Crippen molar-refractivity contribution in [1.82, 2.24) is 10.1 Å². The second-order valence-corrected chi connectivity index (χ2v) is 3.42. The molecule has 94 valence electrons. The van der Waals surface area contributed by atoms with E-state index >= 15 is 0 Å². The molecular formula is C11H16N2O4. The smallest absolute Gasteiger partial charge is 0.325 e. The topological polar surface area (TPSA) is 72.6 Å². The highest BCUT2D eigenvalue weighted by Crippen LogP contribution is 2.03. The lowest BCUT2D eigenvalue weighted by molar-refractivity contribution is -0.143. The van der Waals surface area contributed by atoms with Crippen LogP contribution in [0.4, 0.5) is 0 Å². The van der Waals surface area contributed by atoms with Crippen LogP contribution in [-0.4, -0.2) is 41.6 Å². The average molecular weight is 240 g/mol. The molecule has 0 saturated heterocycles. The van der Waals surface area contributed by atoms with Gasteiger partial charge >= 0.3 is 5.97 Å². The molecule has 6 heteroatoms. The minimum absolute atomic E-state index is 0.0621. The Balaban J connectivity index is 2.65. The maximum atomic E-state index is 11.9. The second kappa shape index (κ2) is 6.67. The predicted molar refractivity (Wildman–Crippen MR) is 59.3 cm³/mol. The van der Waals surface area contributed by atoms with Gasteiger partial charge in [0.1, 0.15) is 12.8 Å². The first-order chi connectivity index (χ1) is 8.19. The summed E-state index contributed by atoms with van der Waals surface area (Å²) in [6.07, 6.45) is 2.07. The Morgan fingerprint density at radius 3 is 2.76 bits per heavy atom. The number of nitrogens with zero attached hydrogens (tertiary/aromatic N) is 2. The van der Waals surface area contributed by atoms with Crippen LogP contribution in [0.1, 0.15) is 30.8 Å². The number of carbonyl (C=O) groups excluding carboxylic acids is 2. The standard InChI is InChI=1S/C11H16N2O4/c1-3-6-13(8-10(14)16-4-2)11(15)9-5-7-17-12-9/h5,7H,3-4,6,8H2,1-2H3. The van der Waals surface area contributed by atoms with E-state index < -0.39 is 5.97 Å². The molecule has 0 aliphatic carbocycles. The van der Waals surface area contributed by atoms with Gasteiger partial charge in [-0.25, -0.2) is 0 Å². The summed E-state index contributed by atoms with van der Waals surface area (Å²) in [6, 6.07) is 1.47. The molecule has 0 fully saturated rings. The van der Waals surface area contributed by atoms with Crippen molar-refractivity contribution in [3.63, 3.8) is 0 Å². The highest BCUT2D eigenvalue weighted by molar-refractivity contribution is 5.94. The molecule has 0 bridgehead atoms. The summed E-state index contributed by atoms with van der Waals surface area (Å²) in [5.41, 5.74) is 0.197. The number of amides is 1. The SMILES string of the molecule is CCCN(CC(=O)OCC)C(=O)c1ccon1. The van der Waals surface area contributed by atoms with Gasteiger partial charge in [-0.05, 0) is 13.3 Å². The number of ether oxygens (including phenoxy) is 1. The third kappa shape index (κ3) is 3.90. The molecule has 0 aliphatic rings. The van der Waals surface area contributed by atoms with Gasteiger partial charge in [-0.2, -0.15) is 0 Å². The molecule has 1 amide bonds. The number of esters is 1. The molecule has 0 atom stereocenters. The van der Waals surface area contributed by atoms with E-state index in [1.165, 1.54) is 17.2 Å². The van der Waals surface area contributed by atoms with Crippen molar-refractivity contribution >= 4 is 11.9 Å². The lowest BCUT2D eigenvalue weighted by atomic mass is 10.3. The van der Waals surface area contributed by atoms with E-state index in [1.807, 2.05) is 6.92 Å². The first kappa shape index (κ1) is 13.2. The van der Waals surface area contributed by atoms with Gasteiger partial charge < -0.3 is 14.2 Å². The molecule has 0 unspecified atom stereocenters. The zero-order valence-corrected chi connectivity index (χ0v) is 10.0. The van der Waals surface area contributed by atoms with Crippen LogP contribution in [0.25, 0.3) is 0 Å². The highest BCUT2D eigenvalue weighted by atomic mass is 16.5. The number of rotatable bonds is 6. The molecule has 1 aromatic rings.